The first kappa shape index (κ1) is 18.0. The first-order chi connectivity index (χ1) is 11.2. The van der Waals surface area contributed by atoms with E-state index in [0.29, 0.717) is 17.9 Å². The normalized spacial score (nSPS) is 11.2. The van der Waals surface area contributed by atoms with E-state index in [-0.39, 0.29) is 10.8 Å². The molecule has 2 aromatic carbocycles. The molecule has 0 spiro atoms. The van der Waals surface area contributed by atoms with Crippen molar-refractivity contribution < 1.29 is 13.2 Å². The zero-order valence-electron chi connectivity index (χ0n) is 14.3. The molecule has 0 aliphatic rings. The van der Waals surface area contributed by atoms with Gasteiger partial charge in [0.2, 0.25) is 5.91 Å². The lowest BCUT2D eigenvalue weighted by Gasteiger charge is -2.24. The number of carbonyl (C=O) groups excluding carboxylic acids is 1. The van der Waals surface area contributed by atoms with E-state index in [1.54, 1.807) is 19.1 Å². The van der Waals surface area contributed by atoms with Gasteiger partial charge < -0.3 is 5.32 Å². The van der Waals surface area contributed by atoms with Gasteiger partial charge in [-0.15, -0.1) is 0 Å². The van der Waals surface area contributed by atoms with E-state index in [0.717, 1.165) is 11.1 Å². The summed E-state index contributed by atoms with van der Waals surface area (Å²) in [6.07, 6.45) is 0. The van der Waals surface area contributed by atoms with Gasteiger partial charge in [-0.05, 0) is 68.3 Å². The van der Waals surface area contributed by atoms with Crippen LogP contribution in [0.2, 0.25) is 0 Å². The molecule has 0 aliphatic carbocycles. The average Bonchev–Trinajstić information content (AvgIpc) is 2.46. The van der Waals surface area contributed by atoms with Gasteiger partial charge in [0.1, 0.15) is 0 Å². The topological polar surface area (TPSA) is 66.5 Å². The van der Waals surface area contributed by atoms with Crippen LogP contribution < -0.4 is 9.62 Å². The molecule has 5 nitrogen and oxygen atoms in total. The summed E-state index contributed by atoms with van der Waals surface area (Å²) in [5.41, 5.74) is 3.25. The maximum Gasteiger partial charge on any atom is 0.264 e. The molecule has 0 bridgehead atoms. The number of anilines is 2. The molecule has 0 fully saturated rings. The minimum atomic E-state index is -3.66. The van der Waals surface area contributed by atoms with Crippen molar-refractivity contribution in [2.75, 3.05) is 16.2 Å². The highest BCUT2D eigenvalue weighted by molar-refractivity contribution is 7.92. The Bertz CT molecular complexity index is 823. The van der Waals surface area contributed by atoms with Crippen LogP contribution in [-0.4, -0.2) is 20.9 Å². The number of aryl methyl sites for hydroxylation is 2. The van der Waals surface area contributed by atoms with Crippen molar-refractivity contribution in [3.8, 4) is 0 Å². The van der Waals surface area contributed by atoms with Gasteiger partial charge >= 0.3 is 0 Å². The molecule has 0 aliphatic heterocycles. The van der Waals surface area contributed by atoms with Crippen LogP contribution in [-0.2, 0) is 14.8 Å². The lowest BCUT2D eigenvalue weighted by molar-refractivity contribution is -0.114. The van der Waals surface area contributed by atoms with Crippen molar-refractivity contribution in [1.29, 1.82) is 0 Å². The molecule has 0 unspecified atom stereocenters. The molecule has 1 N–H and O–H groups in total. The summed E-state index contributed by atoms with van der Waals surface area (Å²) in [4.78, 5) is 11.3. The number of nitrogens with zero attached hydrogens (tertiary/aromatic N) is 1. The second-order valence-corrected chi connectivity index (χ2v) is 7.58. The van der Waals surface area contributed by atoms with E-state index in [9.17, 15) is 13.2 Å². The van der Waals surface area contributed by atoms with Gasteiger partial charge in [0.25, 0.3) is 10.0 Å². The van der Waals surface area contributed by atoms with Crippen molar-refractivity contribution >= 4 is 27.3 Å². The monoisotopic (exact) mass is 346 g/mol. The molecule has 2 rings (SSSR count). The van der Waals surface area contributed by atoms with E-state index in [1.807, 2.05) is 32.0 Å². The molecule has 0 saturated heterocycles. The number of hydrogen-bond donors (Lipinski definition) is 1. The number of sulfonamides is 1. The third-order valence-corrected chi connectivity index (χ3v) is 5.46. The number of hydrogen-bond acceptors (Lipinski definition) is 3. The van der Waals surface area contributed by atoms with E-state index in [2.05, 4.69) is 5.32 Å². The smallest absolute Gasteiger partial charge is 0.264 e. The molecule has 0 saturated carbocycles. The Morgan fingerprint density at radius 1 is 1.04 bits per heavy atom. The highest BCUT2D eigenvalue weighted by Gasteiger charge is 2.23. The third-order valence-electron chi connectivity index (χ3n) is 3.54. The standard InChI is InChI=1S/C18H22N2O3S/c1-5-20(17-11-13(2)10-14(3)12-17)24(22,23)18-8-6-16(7-9-18)19-15(4)21/h6-12H,5H2,1-4H3,(H,19,21). The maximum atomic E-state index is 13.0. The summed E-state index contributed by atoms with van der Waals surface area (Å²) < 4.78 is 27.3. The zero-order chi connectivity index (χ0) is 17.9. The molecule has 24 heavy (non-hydrogen) atoms. The van der Waals surface area contributed by atoms with Crippen LogP contribution in [0.5, 0.6) is 0 Å². The molecule has 0 radical (unpaired) electrons. The molecule has 1 amide bonds. The zero-order valence-corrected chi connectivity index (χ0v) is 15.1. The van der Waals surface area contributed by atoms with E-state index in [4.69, 9.17) is 0 Å². The Labute approximate surface area is 143 Å². The Balaban J connectivity index is 2.41. The second kappa shape index (κ2) is 7.05. The van der Waals surface area contributed by atoms with Crippen molar-refractivity contribution in [2.45, 2.75) is 32.6 Å². The van der Waals surface area contributed by atoms with Gasteiger partial charge in [-0.25, -0.2) is 8.42 Å². The third kappa shape index (κ3) is 3.94. The Hall–Kier alpha value is -2.34. The number of benzene rings is 2. The molecule has 0 heterocycles. The highest BCUT2D eigenvalue weighted by atomic mass is 32.2. The quantitative estimate of drug-likeness (QED) is 0.901. The Morgan fingerprint density at radius 3 is 2.04 bits per heavy atom. The van der Waals surface area contributed by atoms with Crippen LogP contribution >= 0.6 is 0 Å². The summed E-state index contributed by atoms with van der Waals surface area (Å²) in [7, 11) is -3.66. The largest absolute Gasteiger partial charge is 0.326 e. The van der Waals surface area contributed by atoms with Crippen molar-refractivity contribution in [1.82, 2.24) is 0 Å². The lowest BCUT2D eigenvalue weighted by atomic mass is 10.1. The SMILES string of the molecule is CCN(c1cc(C)cc(C)c1)S(=O)(=O)c1ccc(NC(C)=O)cc1. The predicted octanol–water partition coefficient (Wildman–Crippen LogP) is 3.48. The van der Waals surface area contributed by atoms with Gasteiger partial charge in [0.05, 0.1) is 10.6 Å². The summed E-state index contributed by atoms with van der Waals surface area (Å²) in [5, 5.41) is 2.63. The molecule has 0 aromatic heterocycles. The molecular formula is C18H22N2O3S. The van der Waals surface area contributed by atoms with Crippen LogP contribution in [0, 0.1) is 13.8 Å². The molecule has 0 atom stereocenters. The molecule has 6 heteroatoms. The number of rotatable bonds is 5. The molecule has 128 valence electrons. The van der Waals surface area contributed by atoms with Crippen LogP contribution in [0.4, 0.5) is 11.4 Å². The van der Waals surface area contributed by atoms with Gasteiger partial charge in [0.15, 0.2) is 0 Å². The lowest BCUT2D eigenvalue weighted by Crippen LogP contribution is -2.30. The fourth-order valence-corrected chi connectivity index (χ4v) is 4.08. The minimum Gasteiger partial charge on any atom is -0.326 e. The van der Waals surface area contributed by atoms with Gasteiger partial charge in [-0.3, -0.25) is 9.10 Å². The Kier molecular flexibility index (Phi) is 5.29. The summed E-state index contributed by atoms with van der Waals surface area (Å²) in [6, 6.07) is 11.9. The van der Waals surface area contributed by atoms with Crippen LogP contribution in [0.1, 0.15) is 25.0 Å². The predicted molar refractivity (Wildman–Crippen MR) is 96.9 cm³/mol. The van der Waals surface area contributed by atoms with Gasteiger partial charge in [-0.1, -0.05) is 6.07 Å². The number of carbonyl (C=O) groups is 1. The van der Waals surface area contributed by atoms with Crippen LogP contribution in [0.15, 0.2) is 47.4 Å². The van der Waals surface area contributed by atoms with Crippen LogP contribution in [0.3, 0.4) is 0 Å². The van der Waals surface area contributed by atoms with E-state index >= 15 is 0 Å². The van der Waals surface area contributed by atoms with Crippen LogP contribution in [0.25, 0.3) is 0 Å². The second-order valence-electron chi connectivity index (χ2n) is 5.72. The highest BCUT2D eigenvalue weighted by Crippen LogP contribution is 2.26. The number of amides is 1. The summed E-state index contributed by atoms with van der Waals surface area (Å²) >= 11 is 0. The summed E-state index contributed by atoms with van der Waals surface area (Å²) in [6.45, 7) is 7.43. The molecular weight excluding hydrogens is 324 g/mol. The minimum absolute atomic E-state index is 0.192. The van der Waals surface area contributed by atoms with Crippen molar-refractivity contribution in [3.63, 3.8) is 0 Å². The first-order valence-corrected chi connectivity index (χ1v) is 9.16. The fraction of sp³-hybridized carbons (Fsp3) is 0.278. The maximum absolute atomic E-state index is 13.0. The van der Waals surface area contributed by atoms with Crippen molar-refractivity contribution in [2.24, 2.45) is 0 Å². The van der Waals surface area contributed by atoms with E-state index in [1.165, 1.54) is 23.4 Å². The average molecular weight is 346 g/mol. The van der Waals surface area contributed by atoms with Gasteiger partial charge in [0, 0.05) is 19.2 Å². The van der Waals surface area contributed by atoms with Crippen molar-refractivity contribution in [3.05, 3.63) is 53.6 Å². The van der Waals surface area contributed by atoms with Gasteiger partial charge in [-0.2, -0.15) is 0 Å². The Morgan fingerprint density at radius 2 is 1.58 bits per heavy atom. The summed E-state index contributed by atoms with van der Waals surface area (Å²) in [5.74, 6) is -0.198. The van der Waals surface area contributed by atoms with E-state index < -0.39 is 10.0 Å². The first-order valence-electron chi connectivity index (χ1n) is 7.72. The number of nitrogens with one attached hydrogen (secondary N) is 1. The molecule has 2 aromatic rings. The fourth-order valence-electron chi connectivity index (χ4n) is 2.63.